The molecule has 128 valence electrons. The number of nitrogens with one attached hydrogen (secondary N) is 1. The predicted molar refractivity (Wildman–Crippen MR) is 84.0 cm³/mol. The molecule has 1 saturated heterocycles. The molecule has 2 atom stereocenters. The summed E-state index contributed by atoms with van der Waals surface area (Å²) in [5.41, 5.74) is 1.08. The van der Waals surface area contributed by atoms with Gasteiger partial charge in [0.2, 0.25) is 18.0 Å². The van der Waals surface area contributed by atoms with Gasteiger partial charge in [-0.25, -0.2) is 4.79 Å². The minimum atomic E-state index is -0.821. The molecule has 0 aromatic heterocycles. The third-order valence-corrected chi connectivity index (χ3v) is 4.30. The number of hydrogen-bond donors (Lipinski definition) is 1. The lowest BCUT2D eigenvalue weighted by Gasteiger charge is -2.29. The Morgan fingerprint density at radius 3 is 2.96 bits per heavy atom. The van der Waals surface area contributed by atoms with Crippen molar-refractivity contribution < 1.29 is 23.9 Å². The standard InChI is InChI=1S/C17H20N2O5/c1-23-10-4-9-18-15(21)13-7-8-14(20)19(13)16-11-5-2-3-6-12(11)17(22)24-16/h2-3,5-6,13,16H,4,7-10H2,1H3,(H,18,21). The number of cyclic esters (lactones) is 1. The number of ether oxygens (including phenoxy) is 2. The number of carbonyl (C=O) groups excluding carboxylic acids is 3. The second-order valence-electron chi connectivity index (χ2n) is 5.84. The second kappa shape index (κ2) is 7.00. The molecule has 2 amide bonds. The van der Waals surface area contributed by atoms with E-state index in [9.17, 15) is 14.4 Å². The normalized spacial score (nSPS) is 22.5. The SMILES string of the molecule is COCCCNC(=O)C1CCC(=O)N1C1OC(=O)c2ccccc21. The monoisotopic (exact) mass is 332 g/mol. The summed E-state index contributed by atoms with van der Waals surface area (Å²) in [5.74, 6) is -0.867. The number of hydrogen-bond acceptors (Lipinski definition) is 5. The minimum Gasteiger partial charge on any atom is -0.433 e. The van der Waals surface area contributed by atoms with Crippen LogP contribution in [-0.4, -0.2) is 49.0 Å². The molecular formula is C17H20N2O5. The predicted octanol–water partition coefficient (Wildman–Crippen LogP) is 0.999. The van der Waals surface area contributed by atoms with E-state index in [0.717, 1.165) is 0 Å². The first kappa shape index (κ1) is 16.4. The molecule has 24 heavy (non-hydrogen) atoms. The topological polar surface area (TPSA) is 84.9 Å². The zero-order chi connectivity index (χ0) is 17.1. The Bertz CT molecular complexity index is 660. The molecule has 7 nitrogen and oxygen atoms in total. The molecule has 1 aromatic carbocycles. The molecule has 0 bridgehead atoms. The number of amides is 2. The van der Waals surface area contributed by atoms with Crippen LogP contribution >= 0.6 is 0 Å². The van der Waals surface area contributed by atoms with E-state index in [-0.39, 0.29) is 18.2 Å². The van der Waals surface area contributed by atoms with Gasteiger partial charge in [0.25, 0.3) is 0 Å². The summed E-state index contributed by atoms with van der Waals surface area (Å²) in [5, 5.41) is 2.82. The van der Waals surface area contributed by atoms with Gasteiger partial charge in [0.15, 0.2) is 0 Å². The van der Waals surface area contributed by atoms with Crippen molar-refractivity contribution in [2.24, 2.45) is 0 Å². The number of benzene rings is 1. The molecule has 7 heteroatoms. The molecular weight excluding hydrogens is 312 g/mol. The fraction of sp³-hybridized carbons (Fsp3) is 0.471. The summed E-state index contributed by atoms with van der Waals surface area (Å²) < 4.78 is 10.3. The molecule has 2 heterocycles. The maximum Gasteiger partial charge on any atom is 0.340 e. The number of fused-ring (bicyclic) bond motifs is 1. The zero-order valence-electron chi connectivity index (χ0n) is 13.5. The first-order chi connectivity index (χ1) is 11.6. The molecule has 2 aliphatic rings. The van der Waals surface area contributed by atoms with Gasteiger partial charge in [-0.05, 0) is 18.9 Å². The maximum atomic E-state index is 12.4. The first-order valence-electron chi connectivity index (χ1n) is 8.01. The number of esters is 1. The fourth-order valence-electron chi connectivity index (χ4n) is 3.13. The van der Waals surface area contributed by atoms with E-state index in [1.807, 2.05) is 0 Å². The van der Waals surface area contributed by atoms with Crippen LogP contribution in [0.4, 0.5) is 0 Å². The zero-order valence-corrected chi connectivity index (χ0v) is 13.5. The lowest BCUT2D eigenvalue weighted by Crippen LogP contribution is -2.46. The van der Waals surface area contributed by atoms with E-state index in [0.29, 0.717) is 37.1 Å². The molecule has 0 saturated carbocycles. The number of methoxy groups -OCH3 is 1. The van der Waals surface area contributed by atoms with Crippen molar-refractivity contribution in [2.75, 3.05) is 20.3 Å². The van der Waals surface area contributed by atoms with Crippen molar-refractivity contribution in [3.05, 3.63) is 35.4 Å². The summed E-state index contributed by atoms with van der Waals surface area (Å²) in [7, 11) is 1.60. The Labute approximate surface area is 139 Å². The molecule has 3 rings (SSSR count). The smallest absolute Gasteiger partial charge is 0.340 e. The van der Waals surface area contributed by atoms with Crippen LogP contribution in [0.25, 0.3) is 0 Å². The van der Waals surface area contributed by atoms with E-state index in [1.54, 1.807) is 31.4 Å². The van der Waals surface area contributed by atoms with Gasteiger partial charge in [-0.2, -0.15) is 0 Å². The van der Waals surface area contributed by atoms with Crippen molar-refractivity contribution >= 4 is 17.8 Å². The van der Waals surface area contributed by atoms with Crippen LogP contribution < -0.4 is 5.32 Å². The van der Waals surface area contributed by atoms with Crippen molar-refractivity contribution in [1.82, 2.24) is 10.2 Å². The van der Waals surface area contributed by atoms with E-state index >= 15 is 0 Å². The van der Waals surface area contributed by atoms with Gasteiger partial charge < -0.3 is 14.8 Å². The highest BCUT2D eigenvalue weighted by atomic mass is 16.6. The largest absolute Gasteiger partial charge is 0.433 e. The fourth-order valence-corrected chi connectivity index (χ4v) is 3.13. The van der Waals surface area contributed by atoms with Crippen molar-refractivity contribution in [3.63, 3.8) is 0 Å². The summed E-state index contributed by atoms with van der Waals surface area (Å²) in [4.78, 5) is 38.1. The quantitative estimate of drug-likeness (QED) is 0.620. The average Bonchev–Trinajstić information content (AvgIpc) is 3.12. The van der Waals surface area contributed by atoms with Gasteiger partial charge in [0.1, 0.15) is 6.04 Å². The van der Waals surface area contributed by atoms with Crippen LogP contribution in [0.1, 0.15) is 41.4 Å². The first-order valence-corrected chi connectivity index (χ1v) is 8.01. The lowest BCUT2D eigenvalue weighted by atomic mass is 10.1. The van der Waals surface area contributed by atoms with Gasteiger partial charge in [-0.3, -0.25) is 14.5 Å². The highest BCUT2D eigenvalue weighted by Gasteiger charge is 2.46. The molecule has 1 N–H and O–H groups in total. The molecule has 1 aromatic rings. The molecule has 2 aliphatic heterocycles. The number of nitrogens with zero attached hydrogens (tertiary/aromatic N) is 1. The molecule has 2 unspecified atom stereocenters. The average molecular weight is 332 g/mol. The Kier molecular flexibility index (Phi) is 4.80. The summed E-state index contributed by atoms with van der Waals surface area (Å²) in [6, 6.07) is 6.33. The highest BCUT2D eigenvalue weighted by Crippen LogP contribution is 2.38. The van der Waals surface area contributed by atoms with Crippen LogP contribution in [0.2, 0.25) is 0 Å². The third kappa shape index (κ3) is 2.99. The number of likely N-dealkylation sites (tertiary alicyclic amines) is 1. The van der Waals surface area contributed by atoms with Gasteiger partial charge in [-0.15, -0.1) is 0 Å². The molecule has 0 aliphatic carbocycles. The van der Waals surface area contributed by atoms with E-state index in [4.69, 9.17) is 9.47 Å². The summed E-state index contributed by atoms with van der Waals surface area (Å²) in [6.07, 6.45) is 0.570. The van der Waals surface area contributed by atoms with E-state index in [2.05, 4.69) is 5.32 Å². The second-order valence-corrected chi connectivity index (χ2v) is 5.84. The van der Waals surface area contributed by atoms with Crippen molar-refractivity contribution in [2.45, 2.75) is 31.5 Å². The molecule has 0 spiro atoms. The number of carbonyl (C=O) groups is 3. The summed E-state index contributed by atoms with van der Waals surface area (Å²) >= 11 is 0. The van der Waals surface area contributed by atoms with E-state index in [1.165, 1.54) is 4.90 Å². The Balaban J connectivity index is 1.75. The van der Waals surface area contributed by atoms with E-state index < -0.39 is 18.2 Å². The van der Waals surface area contributed by atoms with Crippen LogP contribution in [0.15, 0.2) is 24.3 Å². The Hall–Kier alpha value is -2.41. The lowest BCUT2D eigenvalue weighted by molar-refractivity contribution is -0.145. The molecule has 0 radical (unpaired) electrons. The van der Waals surface area contributed by atoms with Crippen LogP contribution in [0, 0.1) is 0 Å². The highest BCUT2D eigenvalue weighted by molar-refractivity contribution is 5.96. The van der Waals surface area contributed by atoms with Crippen molar-refractivity contribution in [3.8, 4) is 0 Å². The number of rotatable bonds is 6. The Morgan fingerprint density at radius 1 is 1.38 bits per heavy atom. The van der Waals surface area contributed by atoms with Crippen LogP contribution in [-0.2, 0) is 19.1 Å². The Morgan fingerprint density at radius 2 is 2.17 bits per heavy atom. The molecule has 1 fully saturated rings. The summed E-state index contributed by atoms with van der Waals surface area (Å²) in [6.45, 7) is 1.04. The van der Waals surface area contributed by atoms with Gasteiger partial charge in [0.05, 0.1) is 5.56 Å². The van der Waals surface area contributed by atoms with Gasteiger partial charge in [-0.1, -0.05) is 18.2 Å². The van der Waals surface area contributed by atoms with Crippen LogP contribution in [0.3, 0.4) is 0 Å². The third-order valence-electron chi connectivity index (χ3n) is 4.30. The minimum absolute atomic E-state index is 0.179. The maximum absolute atomic E-state index is 12.4. The van der Waals surface area contributed by atoms with Crippen LogP contribution in [0.5, 0.6) is 0 Å². The van der Waals surface area contributed by atoms with Crippen molar-refractivity contribution in [1.29, 1.82) is 0 Å². The van der Waals surface area contributed by atoms with Gasteiger partial charge >= 0.3 is 5.97 Å². The van der Waals surface area contributed by atoms with Gasteiger partial charge in [0, 0.05) is 32.2 Å².